The van der Waals surface area contributed by atoms with Crippen LogP contribution in [0.15, 0.2) is 18.2 Å². The monoisotopic (exact) mass is 306 g/mol. The van der Waals surface area contributed by atoms with E-state index in [1.807, 2.05) is 0 Å². The van der Waals surface area contributed by atoms with E-state index in [1.165, 1.54) is 6.07 Å². The highest BCUT2D eigenvalue weighted by Crippen LogP contribution is 2.30. The molecule has 2 rings (SSSR count). The zero-order valence-corrected chi connectivity index (χ0v) is 11.0. The van der Waals surface area contributed by atoms with Crippen molar-refractivity contribution in [2.24, 2.45) is 11.7 Å². The second-order valence-corrected chi connectivity index (χ2v) is 4.82. The molecule has 0 aliphatic carbocycles. The average molecular weight is 306 g/mol. The third-order valence-electron chi connectivity index (χ3n) is 3.39. The second-order valence-electron chi connectivity index (χ2n) is 4.82. The lowest BCUT2D eigenvalue weighted by Crippen LogP contribution is -2.38. The molecule has 1 amide bonds. The van der Waals surface area contributed by atoms with Crippen molar-refractivity contribution in [3.63, 3.8) is 0 Å². The quantitative estimate of drug-likeness (QED) is 0.873. The van der Waals surface area contributed by atoms with E-state index in [0.717, 1.165) is 6.07 Å². The van der Waals surface area contributed by atoms with Crippen LogP contribution in [0, 0.1) is 11.7 Å². The van der Waals surface area contributed by atoms with Crippen molar-refractivity contribution in [2.75, 3.05) is 18.0 Å². The molecule has 0 saturated carbocycles. The number of nitrogens with two attached hydrogens (primary N) is 1. The average Bonchev–Trinajstić information content (AvgIpc) is 2.37. The van der Waals surface area contributed by atoms with Crippen LogP contribution in [-0.2, 0) is 4.79 Å². The number of hydrogen-bond donors (Lipinski definition) is 1. The Balaban J connectivity index is 2.06. The molecule has 0 unspecified atom stereocenters. The van der Waals surface area contributed by atoms with Crippen molar-refractivity contribution < 1.29 is 27.1 Å². The first-order chi connectivity index (χ1) is 9.76. The molecule has 1 aliphatic rings. The molecule has 2 N–H and O–H groups in total. The molecular weight excluding hydrogens is 292 g/mol. The van der Waals surface area contributed by atoms with Gasteiger partial charge in [-0.25, -0.2) is 4.39 Å². The summed E-state index contributed by atoms with van der Waals surface area (Å²) in [7, 11) is 0. The maximum atomic E-state index is 13.9. The number of rotatable bonds is 3. The number of ether oxygens (including phenoxy) is 1. The van der Waals surface area contributed by atoms with Crippen molar-refractivity contribution in [2.45, 2.75) is 19.2 Å². The molecule has 0 atom stereocenters. The first-order valence-corrected chi connectivity index (χ1v) is 6.36. The molecule has 1 saturated heterocycles. The Morgan fingerprint density at radius 2 is 1.90 bits per heavy atom. The number of alkyl halides is 3. The zero-order chi connectivity index (χ0) is 15.6. The lowest BCUT2D eigenvalue weighted by atomic mass is 9.96. The Labute approximate surface area is 118 Å². The number of benzene rings is 1. The number of halogens is 4. The van der Waals surface area contributed by atoms with Crippen LogP contribution in [0.1, 0.15) is 12.8 Å². The number of anilines is 1. The van der Waals surface area contributed by atoms with Crippen LogP contribution in [0.25, 0.3) is 0 Å². The summed E-state index contributed by atoms with van der Waals surface area (Å²) in [6.07, 6.45) is -3.86. The Morgan fingerprint density at radius 1 is 1.29 bits per heavy atom. The summed E-state index contributed by atoms with van der Waals surface area (Å²) in [4.78, 5) is 12.7. The number of carbonyl (C=O) groups is 1. The zero-order valence-electron chi connectivity index (χ0n) is 11.0. The van der Waals surface area contributed by atoms with Gasteiger partial charge in [0.25, 0.3) is 0 Å². The van der Waals surface area contributed by atoms with E-state index in [4.69, 9.17) is 5.73 Å². The van der Waals surface area contributed by atoms with Gasteiger partial charge in [0.2, 0.25) is 5.91 Å². The lowest BCUT2D eigenvalue weighted by molar-refractivity contribution is -0.274. The molecule has 1 aromatic carbocycles. The van der Waals surface area contributed by atoms with Gasteiger partial charge in [0.05, 0.1) is 5.69 Å². The largest absolute Gasteiger partial charge is 0.573 e. The smallest absolute Gasteiger partial charge is 0.406 e. The predicted octanol–water partition coefficient (Wildman–Crippen LogP) is 2.43. The Hall–Kier alpha value is -1.99. The minimum atomic E-state index is -4.85. The Morgan fingerprint density at radius 3 is 2.38 bits per heavy atom. The lowest BCUT2D eigenvalue weighted by Gasteiger charge is -2.32. The minimum absolute atomic E-state index is 0.187. The number of hydrogen-bond acceptors (Lipinski definition) is 3. The molecule has 1 aliphatic heterocycles. The normalized spacial score (nSPS) is 16.9. The van der Waals surface area contributed by atoms with E-state index in [1.54, 1.807) is 4.90 Å². The summed E-state index contributed by atoms with van der Waals surface area (Å²) in [5.41, 5.74) is 5.39. The molecular formula is C13H14F4N2O2. The Bertz CT molecular complexity index is 525. The van der Waals surface area contributed by atoms with E-state index in [2.05, 4.69) is 4.74 Å². The SMILES string of the molecule is NC(=O)C1CCN(c2ccc(OC(F)(F)F)cc2F)CC1. The summed E-state index contributed by atoms with van der Waals surface area (Å²) in [6, 6.07) is 3.00. The fraction of sp³-hybridized carbons (Fsp3) is 0.462. The maximum Gasteiger partial charge on any atom is 0.573 e. The van der Waals surface area contributed by atoms with Gasteiger partial charge in [0.15, 0.2) is 0 Å². The third-order valence-corrected chi connectivity index (χ3v) is 3.39. The van der Waals surface area contributed by atoms with Crippen molar-refractivity contribution in [1.82, 2.24) is 0 Å². The topological polar surface area (TPSA) is 55.6 Å². The van der Waals surface area contributed by atoms with Crippen molar-refractivity contribution in [3.8, 4) is 5.75 Å². The number of primary amides is 1. The van der Waals surface area contributed by atoms with Gasteiger partial charge >= 0.3 is 6.36 Å². The molecule has 1 aromatic rings. The van der Waals surface area contributed by atoms with E-state index in [9.17, 15) is 22.4 Å². The molecule has 8 heteroatoms. The number of nitrogens with zero attached hydrogens (tertiary/aromatic N) is 1. The fourth-order valence-corrected chi connectivity index (χ4v) is 2.35. The number of amides is 1. The molecule has 0 spiro atoms. The fourth-order valence-electron chi connectivity index (χ4n) is 2.35. The van der Waals surface area contributed by atoms with E-state index in [-0.39, 0.29) is 17.5 Å². The van der Waals surface area contributed by atoms with Crippen LogP contribution in [0.3, 0.4) is 0 Å². The number of piperidine rings is 1. The Kier molecular flexibility index (Phi) is 4.24. The van der Waals surface area contributed by atoms with E-state index >= 15 is 0 Å². The van der Waals surface area contributed by atoms with Crippen LogP contribution in [0.5, 0.6) is 5.75 Å². The molecule has 0 radical (unpaired) electrons. The highest BCUT2D eigenvalue weighted by atomic mass is 19.4. The van der Waals surface area contributed by atoms with Crippen LogP contribution >= 0.6 is 0 Å². The maximum absolute atomic E-state index is 13.9. The summed E-state index contributed by atoms with van der Waals surface area (Å²) < 4.78 is 53.7. The van der Waals surface area contributed by atoms with Crippen molar-refractivity contribution in [1.29, 1.82) is 0 Å². The van der Waals surface area contributed by atoms with Gasteiger partial charge in [-0.3, -0.25) is 4.79 Å². The first kappa shape index (κ1) is 15.4. The molecule has 1 fully saturated rings. The molecule has 116 valence electrons. The molecule has 0 bridgehead atoms. The predicted molar refractivity (Wildman–Crippen MR) is 67.2 cm³/mol. The summed E-state index contributed by atoms with van der Waals surface area (Å²) in [6.45, 7) is 0.841. The summed E-state index contributed by atoms with van der Waals surface area (Å²) >= 11 is 0. The van der Waals surface area contributed by atoms with Crippen molar-refractivity contribution in [3.05, 3.63) is 24.0 Å². The second kappa shape index (κ2) is 5.79. The van der Waals surface area contributed by atoms with E-state index < -0.39 is 17.9 Å². The third kappa shape index (κ3) is 3.99. The van der Waals surface area contributed by atoms with Gasteiger partial charge in [-0.2, -0.15) is 0 Å². The van der Waals surface area contributed by atoms with Gasteiger partial charge < -0.3 is 15.4 Å². The standard InChI is InChI=1S/C13H14F4N2O2/c14-10-7-9(21-13(15,16)17)1-2-11(10)19-5-3-8(4-6-19)12(18)20/h1-2,7-8H,3-6H2,(H2,18,20). The molecule has 21 heavy (non-hydrogen) atoms. The highest BCUT2D eigenvalue weighted by molar-refractivity contribution is 5.77. The van der Waals surface area contributed by atoms with Gasteiger partial charge in [-0.1, -0.05) is 0 Å². The van der Waals surface area contributed by atoms with Crippen LogP contribution in [0.2, 0.25) is 0 Å². The van der Waals surface area contributed by atoms with Gasteiger partial charge in [0.1, 0.15) is 11.6 Å². The van der Waals surface area contributed by atoms with Gasteiger partial charge in [-0.05, 0) is 25.0 Å². The molecule has 1 heterocycles. The molecule has 4 nitrogen and oxygen atoms in total. The first-order valence-electron chi connectivity index (χ1n) is 6.36. The summed E-state index contributed by atoms with van der Waals surface area (Å²) in [5, 5.41) is 0. The minimum Gasteiger partial charge on any atom is -0.406 e. The van der Waals surface area contributed by atoms with Crippen molar-refractivity contribution >= 4 is 11.6 Å². The highest BCUT2D eigenvalue weighted by Gasteiger charge is 2.31. The van der Waals surface area contributed by atoms with Gasteiger partial charge in [0, 0.05) is 25.1 Å². The van der Waals surface area contributed by atoms with E-state index in [0.29, 0.717) is 32.0 Å². The van der Waals surface area contributed by atoms with Crippen LogP contribution in [-0.4, -0.2) is 25.4 Å². The van der Waals surface area contributed by atoms with Crippen LogP contribution in [0.4, 0.5) is 23.2 Å². The van der Waals surface area contributed by atoms with Crippen LogP contribution < -0.4 is 15.4 Å². The van der Waals surface area contributed by atoms with Gasteiger partial charge in [-0.15, -0.1) is 13.2 Å². The molecule has 0 aromatic heterocycles. The summed E-state index contributed by atoms with van der Waals surface area (Å²) in [5.74, 6) is -2.02. The number of carbonyl (C=O) groups excluding carboxylic acids is 1.